The molecule has 0 bridgehead atoms. The molecule has 2 nitrogen and oxygen atoms in total. The molecule has 1 aliphatic rings. The van der Waals surface area contributed by atoms with Gasteiger partial charge in [-0.3, -0.25) is 0 Å². The lowest BCUT2D eigenvalue weighted by atomic mass is 10.0. The van der Waals surface area contributed by atoms with E-state index in [0.29, 0.717) is 0 Å². The highest BCUT2D eigenvalue weighted by Gasteiger charge is 2.20. The summed E-state index contributed by atoms with van der Waals surface area (Å²) < 4.78 is 0. The lowest BCUT2D eigenvalue weighted by molar-refractivity contribution is 0.587. The molecule has 0 amide bonds. The molecule has 1 aliphatic carbocycles. The van der Waals surface area contributed by atoms with E-state index in [1.807, 2.05) is 18.4 Å². The predicted molar refractivity (Wildman–Crippen MR) is 79.3 cm³/mol. The highest BCUT2D eigenvalue weighted by Crippen LogP contribution is 2.35. The minimum atomic E-state index is 0.749. The normalized spacial score (nSPS) is 17.9. The Bertz CT molecular complexity index is 328. The summed E-state index contributed by atoms with van der Waals surface area (Å²) in [5.74, 6) is 0.749. The molecule has 0 atom stereocenters. The van der Waals surface area contributed by atoms with Crippen molar-refractivity contribution in [1.29, 1.82) is 0 Å². The Balaban J connectivity index is 2.13. The largest absolute Gasteiger partial charge is 0.315 e. The Morgan fingerprint density at radius 3 is 2.56 bits per heavy atom. The molecule has 2 rings (SSSR count). The molecule has 102 valence electrons. The summed E-state index contributed by atoms with van der Waals surface area (Å²) in [7, 11) is 2.03. The van der Waals surface area contributed by atoms with Crippen LogP contribution in [-0.4, -0.2) is 12.0 Å². The summed E-state index contributed by atoms with van der Waals surface area (Å²) >= 11 is 1.97. The summed E-state index contributed by atoms with van der Waals surface area (Å²) in [6.45, 7) is 3.23. The summed E-state index contributed by atoms with van der Waals surface area (Å²) in [6.07, 6.45) is 10.7. The summed E-state index contributed by atoms with van der Waals surface area (Å²) in [5, 5.41) is 4.70. The van der Waals surface area contributed by atoms with E-state index < -0.39 is 0 Å². The number of nitrogens with one attached hydrogen (secondary N) is 1. The van der Waals surface area contributed by atoms with Crippen molar-refractivity contribution in [1.82, 2.24) is 10.3 Å². The highest BCUT2D eigenvalue weighted by molar-refractivity contribution is 7.11. The first-order chi connectivity index (χ1) is 8.85. The van der Waals surface area contributed by atoms with Crippen LogP contribution >= 0.6 is 11.3 Å². The van der Waals surface area contributed by atoms with Crippen LogP contribution in [0.1, 0.15) is 73.4 Å². The number of aryl methyl sites for hydroxylation is 1. The SMILES string of the molecule is CCCc1nc(C2CCCCCC2)sc1CNC. The second-order valence-corrected chi connectivity index (χ2v) is 6.51. The van der Waals surface area contributed by atoms with E-state index in [1.165, 1.54) is 60.5 Å². The maximum Gasteiger partial charge on any atom is 0.0962 e. The number of thiazole rings is 1. The minimum absolute atomic E-state index is 0.749. The van der Waals surface area contributed by atoms with Gasteiger partial charge in [0.05, 0.1) is 10.7 Å². The van der Waals surface area contributed by atoms with Gasteiger partial charge in [0.2, 0.25) is 0 Å². The molecule has 1 aromatic heterocycles. The van der Waals surface area contributed by atoms with Gasteiger partial charge in [-0.2, -0.15) is 0 Å². The van der Waals surface area contributed by atoms with E-state index in [0.717, 1.165) is 18.9 Å². The maximum atomic E-state index is 4.96. The zero-order valence-corrected chi connectivity index (χ0v) is 12.6. The zero-order valence-electron chi connectivity index (χ0n) is 11.8. The molecule has 0 aromatic carbocycles. The highest BCUT2D eigenvalue weighted by atomic mass is 32.1. The van der Waals surface area contributed by atoms with Gasteiger partial charge in [-0.25, -0.2) is 4.98 Å². The molecule has 1 N–H and O–H groups in total. The van der Waals surface area contributed by atoms with Crippen LogP contribution in [0.5, 0.6) is 0 Å². The maximum absolute atomic E-state index is 4.96. The van der Waals surface area contributed by atoms with E-state index >= 15 is 0 Å². The van der Waals surface area contributed by atoms with Crippen LogP contribution < -0.4 is 5.32 Å². The van der Waals surface area contributed by atoms with Crippen LogP contribution in [0.3, 0.4) is 0 Å². The third kappa shape index (κ3) is 3.55. The third-order valence-corrected chi connectivity index (χ3v) is 5.08. The monoisotopic (exact) mass is 266 g/mol. The van der Waals surface area contributed by atoms with Gasteiger partial charge < -0.3 is 5.32 Å². The molecule has 0 spiro atoms. The van der Waals surface area contributed by atoms with Crippen LogP contribution in [0.25, 0.3) is 0 Å². The fraction of sp³-hybridized carbons (Fsp3) is 0.800. The Labute approximate surface area is 115 Å². The van der Waals surface area contributed by atoms with Gasteiger partial charge >= 0.3 is 0 Å². The number of nitrogens with zero attached hydrogens (tertiary/aromatic N) is 1. The van der Waals surface area contributed by atoms with Crippen molar-refractivity contribution in [3.63, 3.8) is 0 Å². The van der Waals surface area contributed by atoms with Crippen molar-refractivity contribution < 1.29 is 0 Å². The molecule has 0 unspecified atom stereocenters. The molecule has 3 heteroatoms. The van der Waals surface area contributed by atoms with Crippen molar-refractivity contribution in [2.75, 3.05) is 7.05 Å². The lowest BCUT2D eigenvalue weighted by Gasteiger charge is -2.09. The molecule has 0 radical (unpaired) electrons. The molecule has 0 aliphatic heterocycles. The molecule has 18 heavy (non-hydrogen) atoms. The fourth-order valence-electron chi connectivity index (χ4n) is 2.84. The number of aromatic nitrogens is 1. The first-order valence-electron chi connectivity index (χ1n) is 7.48. The van der Waals surface area contributed by atoms with Crippen molar-refractivity contribution in [2.45, 2.75) is 70.8 Å². The molecular weight excluding hydrogens is 240 g/mol. The second-order valence-electron chi connectivity index (χ2n) is 5.39. The van der Waals surface area contributed by atoms with Gasteiger partial charge in [0.1, 0.15) is 0 Å². The van der Waals surface area contributed by atoms with E-state index in [-0.39, 0.29) is 0 Å². The van der Waals surface area contributed by atoms with Crippen molar-refractivity contribution in [2.24, 2.45) is 0 Å². The Morgan fingerprint density at radius 1 is 1.22 bits per heavy atom. The topological polar surface area (TPSA) is 24.9 Å². The molecule has 0 saturated heterocycles. The Hall–Kier alpha value is -0.410. The standard InChI is InChI=1S/C15H26N2S/c1-3-8-13-14(11-16-2)18-15(17-13)12-9-6-4-5-7-10-12/h12,16H,3-11H2,1-2H3. The summed E-state index contributed by atoms with van der Waals surface area (Å²) in [5.41, 5.74) is 1.36. The van der Waals surface area contributed by atoms with E-state index in [2.05, 4.69) is 12.2 Å². The van der Waals surface area contributed by atoms with Crippen LogP contribution in [-0.2, 0) is 13.0 Å². The van der Waals surface area contributed by atoms with Gasteiger partial charge in [-0.05, 0) is 26.3 Å². The van der Waals surface area contributed by atoms with Gasteiger partial charge in [-0.1, -0.05) is 39.0 Å². The molecule has 1 saturated carbocycles. The molecule has 1 aromatic rings. The average Bonchev–Trinajstić information content (AvgIpc) is 2.62. The van der Waals surface area contributed by atoms with Crippen LogP contribution in [0.4, 0.5) is 0 Å². The molecular formula is C15H26N2S. The summed E-state index contributed by atoms with van der Waals surface area (Å²) in [4.78, 5) is 6.43. The van der Waals surface area contributed by atoms with E-state index in [9.17, 15) is 0 Å². The fourth-order valence-corrected chi connectivity index (χ4v) is 4.13. The van der Waals surface area contributed by atoms with Crippen molar-refractivity contribution in [3.05, 3.63) is 15.6 Å². The molecule has 1 fully saturated rings. The second kappa shape index (κ2) is 7.25. The smallest absolute Gasteiger partial charge is 0.0962 e. The van der Waals surface area contributed by atoms with Crippen LogP contribution in [0.15, 0.2) is 0 Å². The van der Waals surface area contributed by atoms with E-state index in [1.54, 1.807) is 0 Å². The van der Waals surface area contributed by atoms with E-state index in [4.69, 9.17) is 4.98 Å². The number of rotatable bonds is 5. The zero-order chi connectivity index (χ0) is 12.8. The quantitative estimate of drug-likeness (QED) is 0.806. The Morgan fingerprint density at radius 2 is 1.94 bits per heavy atom. The summed E-state index contributed by atoms with van der Waals surface area (Å²) in [6, 6.07) is 0. The lowest BCUT2D eigenvalue weighted by Crippen LogP contribution is -2.05. The first kappa shape index (κ1) is 14.0. The number of hydrogen-bond acceptors (Lipinski definition) is 3. The van der Waals surface area contributed by atoms with Gasteiger partial charge in [0.15, 0.2) is 0 Å². The average molecular weight is 266 g/mol. The first-order valence-corrected chi connectivity index (χ1v) is 8.29. The number of hydrogen-bond donors (Lipinski definition) is 1. The van der Waals surface area contributed by atoms with Crippen molar-refractivity contribution in [3.8, 4) is 0 Å². The molecule has 1 heterocycles. The minimum Gasteiger partial charge on any atom is -0.315 e. The van der Waals surface area contributed by atoms with Gasteiger partial charge in [0, 0.05) is 17.3 Å². The van der Waals surface area contributed by atoms with Crippen molar-refractivity contribution >= 4 is 11.3 Å². The van der Waals surface area contributed by atoms with Gasteiger partial charge in [0.25, 0.3) is 0 Å². The predicted octanol–water partition coefficient (Wildman–Crippen LogP) is 4.25. The van der Waals surface area contributed by atoms with Gasteiger partial charge in [-0.15, -0.1) is 11.3 Å². The Kier molecular flexibility index (Phi) is 5.64. The van der Waals surface area contributed by atoms with Crippen LogP contribution in [0.2, 0.25) is 0 Å². The van der Waals surface area contributed by atoms with Crippen LogP contribution in [0, 0.1) is 0 Å². The third-order valence-electron chi connectivity index (χ3n) is 3.82.